The molecule has 0 aliphatic heterocycles. The Morgan fingerprint density at radius 3 is 2.18 bits per heavy atom. The maximum absolute atomic E-state index is 13.6. The first-order valence-electron chi connectivity index (χ1n) is 8.09. The Labute approximate surface area is 162 Å². The quantitative estimate of drug-likeness (QED) is 0.459. The summed E-state index contributed by atoms with van der Waals surface area (Å²) in [4.78, 5) is 4.74. The van der Waals surface area contributed by atoms with Crippen molar-refractivity contribution < 1.29 is 21.6 Å². The van der Waals surface area contributed by atoms with Crippen molar-refractivity contribution in [1.29, 1.82) is 0 Å². The average molecular weight is 422 g/mol. The molecule has 0 unspecified atom stereocenters. The third-order valence-electron chi connectivity index (χ3n) is 4.26. The van der Waals surface area contributed by atoms with E-state index >= 15 is 0 Å². The fourth-order valence-corrected chi connectivity index (χ4v) is 4.51. The number of thiazole rings is 1. The van der Waals surface area contributed by atoms with E-state index in [1.165, 1.54) is 24.3 Å². The summed E-state index contributed by atoms with van der Waals surface area (Å²) in [5, 5.41) is 1.03. The summed E-state index contributed by atoms with van der Waals surface area (Å²) in [6.45, 7) is 0. The van der Waals surface area contributed by atoms with Gasteiger partial charge in [0, 0.05) is 22.8 Å². The van der Waals surface area contributed by atoms with E-state index in [-0.39, 0.29) is 15.6 Å². The van der Waals surface area contributed by atoms with Gasteiger partial charge >= 0.3 is 6.18 Å². The number of fused-ring (bicyclic) bond motifs is 1. The van der Waals surface area contributed by atoms with Gasteiger partial charge in [-0.1, -0.05) is 42.5 Å². The average Bonchev–Trinajstić information content (AvgIpc) is 3.20. The highest BCUT2D eigenvalue weighted by atomic mass is 32.2. The lowest BCUT2D eigenvalue weighted by Gasteiger charge is -2.10. The molecule has 4 rings (SSSR count). The van der Waals surface area contributed by atoms with Crippen molar-refractivity contribution >= 4 is 26.1 Å². The summed E-state index contributed by atoms with van der Waals surface area (Å²) >= 11 is 0.909. The molecule has 0 radical (unpaired) electrons. The highest BCUT2D eigenvalue weighted by Crippen LogP contribution is 2.40. The number of benzene rings is 2. The third kappa shape index (κ3) is 3.20. The molecule has 2 aromatic carbocycles. The Morgan fingerprint density at radius 2 is 1.61 bits per heavy atom. The van der Waals surface area contributed by atoms with Crippen molar-refractivity contribution in [1.82, 2.24) is 9.38 Å². The topological polar surface area (TPSA) is 51.4 Å². The molecule has 9 heteroatoms. The highest BCUT2D eigenvalue weighted by Gasteiger charge is 2.36. The summed E-state index contributed by atoms with van der Waals surface area (Å²) in [6.07, 6.45) is -3.47. The van der Waals surface area contributed by atoms with Gasteiger partial charge in [0.05, 0.1) is 16.3 Å². The van der Waals surface area contributed by atoms with Crippen LogP contribution < -0.4 is 0 Å². The number of alkyl halides is 3. The molecule has 4 nitrogen and oxygen atoms in total. The fourth-order valence-electron chi connectivity index (χ4n) is 2.98. The predicted molar refractivity (Wildman–Crippen MR) is 102 cm³/mol. The van der Waals surface area contributed by atoms with Gasteiger partial charge in [0.25, 0.3) is 0 Å². The molecule has 0 saturated heterocycles. The molecule has 4 aromatic rings. The monoisotopic (exact) mass is 422 g/mol. The van der Waals surface area contributed by atoms with E-state index in [1.807, 2.05) is 6.07 Å². The molecule has 0 amide bonds. The number of hydrogen-bond acceptors (Lipinski definition) is 4. The van der Waals surface area contributed by atoms with Crippen LogP contribution in [0.3, 0.4) is 0 Å². The number of aromatic nitrogens is 2. The van der Waals surface area contributed by atoms with E-state index in [9.17, 15) is 21.6 Å². The van der Waals surface area contributed by atoms with Gasteiger partial charge in [-0.25, -0.2) is 13.4 Å². The van der Waals surface area contributed by atoms with Crippen LogP contribution in [0.5, 0.6) is 0 Å². The lowest BCUT2D eigenvalue weighted by molar-refractivity contribution is -0.141. The van der Waals surface area contributed by atoms with Crippen molar-refractivity contribution in [3.63, 3.8) is 0 Å². The lowest BCUT2D eigenvalue weighted by Crippen LogP contribution is -2.09. The van der Waals surface area contributed by atoms with Gasteiger partial charge in [0.15, 0.2) is 14.8 Å². The number of nitrogens with zero attached hydrogens (tertiary/aromatic N) is 2. The molecule has 2 heterocycles. The van der Waals surface area contributed by atoms with E-state index in [0.29, 0.717) is 16.8 Å². The minimum absolute atomic E-state index is 0.0969. The van der Waals surface area contributed by atoms with E-state index in [4.69, 9.17) is 0 Å². The molecule has 0 N–H and O–H groups in total. The van der Waals surface area contributed by atoms with Crippen LogP contribution in [0.2, 0.25) is 0 Å². The summed E-state index contributed by atoms with van der Waals surface area (Å²) in [7, 11) is -3.41. The van der Waals surface area contributed by atoms with E-state index in [2.05, 4.69) is 4.98 Å². The van der Waals surface area contributed by atoms with E-state index in [1.54, 1.807) is 24.3 Å². The van der Waals surface area contributed by atoms with Crippen LogP contribution in [0.4, 0.5) is 13.2 Å². The van der Waals surface area contributed by atoms with E-state index < -0.39 is 21.7 Å². The molecule has 0 fully saturated rings. The minimum atomic E-state index is -4.55. The molecule has 0 saturated carbocycles. The van der Waals surface area contributed by atoms with E-state index in [0.717, 1.165) is 27.4 Å². The molecule has 0 aliphatic rings. The number of rotatable bonds is 3. The predicted octanol–water partition coefficient (Wildman–Crippen LogP) is 5.15. The maximum Gasteiger partial charge on any atom is 0.432 e. The van der Waals surface area contributed by atoms with Gasteiger partial charge in [-0.15, -0.1) is 11.3 Å². The zero-order chi connectivity index (χ0) is 20.1. The number of sulfone groups is 1. The molecule has 2 aromatic heterocycles. The van der Waals surface area contributed by atoms with Gasteiger partial charge in [-0.05, 0) is 12.1 Å². The first kappa shape index (κ1) is 18.7. The number of halogens is 3. The third-order valence-corrected chi connectivity index (χ3v) is 6.21. The normalized spacial score (nSPS) is 12.6. The second-order valence-corrected chi connectivity index (χ2v) is 9.06. The molecular weight excluding hydrogens is 409 g/mol. The van der Waals surface area contributed by atoms with Crippen LogP contribution in [-0.2, 0) is 16.0 Å². The van der Waals surface area contributed by atoms with Crippen LogP contribution in [0.1, 0.15) is 5.69 Å². The second-order valence-electron chi connectivity index (χ2n) is 6.21. The number of imidazole rings is 1. The van der Waals surface area contributed by atoms with Crippen molar-refractivity contribution in [2.24, 2.45) is 0 Å². The lowest BCUT2D eigenvalue weighted by atomic mass is 10.0. The molecule has 0 bridgehead atoms. The van der Waals surface area contributed by atoms with Gasteiger partial charge in [-0.2, -0.15) is 13.2 Å². The summed E-state index contributed by atoms with van der Waals surface area (Å²) in [6, 6.07) is 14.7. The Balaban J connectivity index is 2.03. The van der Waals surface area contributed by atoms with Gasteiger partial charge in [-0.3, -0.25) is 4.40 Å². The van der Waals surface area contributed by atoms with Crippen molar-refractivity contribution in [3.8, 4) is 22.5 Å². The first-order chi connectivity index (χ1) is 13.2. The molecule has 0 aliphatic carbocycles. The zero-order valence-corrected chi connectivity index (χ0v) is 16.1. The Bertz CT molecular complexity index is 1260. The van der Waals surface area contributed by atoms with Gasteiger partial charge < -0.3 is 0 Å². The molecule has 0 atom stereocenters. The molecule has 144 valence electrons. The van der Waals surface area contributed by atoms with Crippen molar-refractivity contribution in [2.75, 3.05) is 6.26 Å². The summed E-state index contributed by atoms with van der Waals surface area (Å²) < 4.78 is 65.2. The van der Waals surface area contributed by atoms with Crippen LogP contribution in [-0.4, -0.2) is 24.1 Å². The standard InChI is InChI=1S/C19H13F3N2O2S2/c1-28(25,26)14-9-7-13(8-10-14)17-16(12-5-3-2-4-6-12)23-18-24(17)15(11-27-18)19(20,21)22/h2-11H,1H3. The largest absolute Gasteiger partial charge is 0.432 e. The fraction of sp³-hybridized carbons (Fsp3) is 0.105. The molecule has 28 heavy (non-hydrogen) atoms. The van der Waals surface area contributed by atoms with Crippen molar-refractivity contribution in [3.05, 3.63) is 65.7 Å². The first-order valence-corrected chi connectivity index (χ1v) is 10.9. The highest BCUT2D eigenvalue weighted by molar-refractivity contribution is 7.90. The van der Waals surface area contributed by atoms with Gasteiger partial charge in [0.2, 0.25) is 0 Å². The van der Waals surface area contributed by atoms with Crippen molar-refractivity contribution in [2.45, 2.75) is 11.1 Å². The summed E-state index contributed by atoms with van der Waals surface area (Å²) in [5.41, 5.74) is 0.987. The van der Waals surface area contributed by atoms with Crippen LogP contribution in [0.15, 0.2) is 64.9 Å². The smallest absolute Gasteiger partial charge is 0.278 e. The SMILES string of the molecule is CS(=O)(=O)c1ccc(-c2c(-c3ccccc3)nc3scc(C(F)(F)F)n23)cc1. The molecule has 0 spiro atoms. The maximum atomic E-state index is 13.6. The molecular formula is C19H13F3N2O2S2. The van der Waals surface area contributed by atoms with Crippen LogP contribution in [0, 0.1) is 0 Å². The Hall–Kier alpha value is -2.65. The minimum Gasteiger partial charge on any atom is -0.278 e. The van der Waals surface area contributed by atoms with Crippen LogP contribution in [0.25, 0.3) is 27.5 Å². The van der Waals surface area contributed by atoms with Gasteiger partial charge in [0.1, 0.15) is 5.69 Å². The van der Waals surface area contributed by atoms with Crippen LogP contribution >= 0.6 is 11.3 Å². The second kappa shape index (κ2) is 6.46. The Morgan fingerprint density at radius 1 is 0.964 bits per heavy atom. The Kier molecular flexibility index (Phi) is 4.31. The summed E-state index contributed by atoms with van der Waals surface area (Å²) in [5.74, 6) is 0. The zero-order valence-electron chi connectivity index (χ0n) is 14.4. The number of hydrogen-bond donors (Lipinski definition) is 0.